The third-order valence-corrected chi connectivity index (χ3v) is 2.28. The zero-order valence-corrected chi connectivity index (χ0v) is 9.86. The molecule has 0 aromatic carbocycles. The highest BCUT2D eigenvalue weighted by Crippen LogP contribution is 2.13. The number of rotatable bonds is 3. The van der Waals surface area contributed by atoms with Crippen LogP contribution in [0, 0.1) is 0 Å². The van der Waals surface area contributed by atoms with Crippen LogP contribution >= 0.6 is 11.6 Å². The Labute approximate surface area is 102 Å². The number of methoxy groups -OCH3 is 1. The van der Waals surface area contributed by atoms with Gasteiger partial charge in [0.15, 0.2) is 5.82 Å². The quantitative estimate of drug-likeness (QED) is 0.900. The molecule has 0 atom stereocenters. The third kappa shape index (κ3) is 2.89. The molecule has 6 heteroatoms. The van der Waals surface area contributed by atoms with Crippen LogP contribution in [0.5, 0.6) is 0 Å². The number of nitrogens with one attached hydrogen (secondary N) is 1. The second-order valence-electron chi connectivity index (χ2n) is 3.38. The highest BCUT2D eigenvalue weighted by molar-refractivity contribution is 6.30. The fourth-order valence-corrected chi connectivity index (χ4v) is 1.48. The lowest BCUT2D eigenvalue weighted by atomic mass is 10.3. The van der Waals surface area contributed by atoms with E-state index in [1.807, 2.05) is 0 Å². The van der Waals surface area contributed by atoms with Crippen LogP contribution in [0.2, 0.25) is 5.02 Å². The van der Waals surface area contributed by atoms with Crippen molar-refractivity contribution in [2.24, 2.45) is 0 Å². The first-order valence-corrected chi connectivity index (χ1v) is 5.28. The fourth-order valence-electron chi connectivity index (χ4n) is 1.37. The average molecular weight is 252 g/mol. The molecule has 0 saturated heterocycles. The lowest BCUT2D eigenvalue weighted by Gasteiger charge is -2.03. The van der Waals surface area contributed by atoms with Gasteiger partial charge >= 0.3 is 0 Å². The Hall–Kier alpha value is -1.72. The number of hydrogen-bond acceptors (Lipinski definition) is 4. The summed E-state index contributed by atoms with van der Waals surface area (Å²) in [6.07, 6.45) is 1.50. The van der Waals surface area contributed by atoms with Crippen molar-refractivity contribution in [1.82, 2.24) is 15.0 Å². The summed E-state index contributed by atoms with van der Waals surface area (Å²) in [6, 6.07) is 4.77. The molecule has 0 fully saturated rings. The van der Waals surface area contributed by atoms with Gasteiger partial charge in [0, 0.05) is 19.4 Å². The smallest absolute Gasteiger partial charge is 0.251 e. The van der Waals surface area contributed by atoms with Crippen LogP contribution in [0.25, 0.3) is 11.5 Å². The Morgan fingerprint density at radius 3 is 2.94 bits per heavy atom. The lowest BCUT2D eigenvalue weighted by molar-refractivity contribution is 0.181. The highest BCUT2D eigenvalue weighted by Gasteiger charge is 2.05. The summed E-state index contributed by atoms with van der Waals surface area (Å²) in [5, 5.41) is 0.532. The summed E-state index contributed by atoms with van der Waals surface area (Å²) >= 11 is 5.74. The molecule has 0 spiro atoms. The molecule has 5 nitrogen and oxygen atoms in total. The Balaban J connectivity index is 2.44. The summed E-state index contributed by atoms with van der Waals surface area (Å²) in [6.45, 7) is 0.282. The number of aromatic nitrogens is 3. The zero-order valence-electron chi connectivity index (χ0n) is 9.11. The van der Waals surface area contributed by atoms with Crippen LogP contribution < -0.4 is 5.56 Å². The normalized spacial score (nSPS) is 10.5. The van der Waals surface area contributed by atoms with Crippen molar-refractivity contribution >= 4 is 11.6 Å². The maximum absolute atomic E-state index is 11.4. The number of ether oxygens (including phenoxy) is 1. The van der Waals surface area contributed by atoms with Crippen molar-refractivity contribution in [2.45, 2.75) is 6.61 Å². The van der Waals surface area contributed by atoms with E-state index >= 15 is 0 Å². The largest absolute Gasteiger partial charge is 0.378 e. The van der Waals surface area contributed by atoms with Crippen molar-refractivity contribution in [3.8, 4) is 11.5 Å². The van der Waals surface area contributed by atoms with E-state index in [0.717, 1.165) is 0 Å². The summed E-state index contributed by atoms with van der Waals surface area (Å²) in [5.41, 5.74) is 0.881. The van der Waals surface area contributed by atoms with Crippen molar-refractivity contribution < 1.29 is 4.74 Å². The predicted molar refractivity (Wildman–Crippen MR) is 63.8 cm³/mol. The van der Waals surface area contributed by atoms with Crippen LogP contribution in [0.1, 0.15) is 5.69 Å². The van der Waals surface area contributed by atoms with E-state index in [9.17, 15) is 4.79 Å². The predicted octanol–water partition coefficient (Wildman–Crippen LogP) is 1.63. The van der Waals surface area contributed by atoms with Gasteiger partial charge in [-0.1, -0.05) is 11.6 Å². The van der Waals surface area contributed by atoms with Gasteiger partial charge in [0.2, 0.25) is 0 Å². The van der Waals surface area contributed by atoms with Gasteiger partial charge in [-0.3, -0.25) is 9.78 Å². The molecule has 0 saturated carbocycles. The Morgan fingerprint density at radius 2 is 2.29 bits per heavy atom. The Kier molecular flexibility index (Phi) is 3.51. The molecule has 0 unspecified atom stereocenters. The molecular weight excluding hydrogens is 242 g/mol. The van der Waals surface area contributed by atoms with E-state index in [0.29, 0.717) is 22.2 Å². The van der Waals surface area contributed by atoms with E-state index in [2.05, 4.69) is 15.0 Å². The second-order valence-corrected chi connectivity index (χ2v) is 3.82. The van der Waals surface area contributed by atoms with Gasteiger partial charge in [-0.05, 0) is 12.1 Å². The second kappa shape index (κ2) is 5.07. The SMILES string of the molecule is COCc1cc(=O)[nH]c(-c2ccc(Cl)cn2)n1. The first kappa shape index (κ1) is 11.8. The minimum absolute atomic E-state index is 0.237. The lowest BCUT2D eigenvalue weighted by Crippen LogP contribution is -2.11. The van der Waals surface area contributed by atoms with Crippen molar-refractivity contribution in [3.05, 3.63) is 45.5 Å². The van der Waals surface area contributed by atoms with Crippen LogP contribution in [-0.4, -0.2) is 22.1 Å². The summed E-state index contributed by atoms with van der Waals surface area (Å²) in [4.78, 5) is 22.4. The fraction of sp³-hybridized carbons (Fsp3) is 0.182. The molecule has 2 aromatic rings. The summed E-state index contributed by atoms with van der Waals surface area (Å²) in [7, 11) is 1.54. The zero-order chi connectivity index (χ0) is 12.3. The van der Waals surface area contributed by atoms with E-state index in [1.54, 1.807) is 19.2 Å². The molecule has 0 bridgehead atoms. The molecule has 17 heavy (non-hydrogen) atoms. The van der Waals surface area contributed by atoms with Gasteiger partial charge in [-0.2, -0.15) is 0 Å². The highest BCUT2D eigenvalue weighted by atomic mass is 35.5. The van der Waals surface area contributed by atoms with Crippen LogP contribution in [0.3, 0.4) is 0 Å². The van der Waals surface area contributed by atoms with E-state index in [4.69, 9.17) is 16.3 Å². The van der Waals surface area contributed by atoms with Gasteiger partial charge in [0.1, 0.15) is 5.69 Å². The number of H-pyrrole nitrogens is 1. The van der Waals surface area contributed by atoms with Crippen LogP contribution in [-0.2, 0) is 11.3 Å². The van der Waals surface area contributed by atoms with Gasteiger partial charge < -0.3 is 9.72 Å². The number of hydrogen-bond donors (Lipinski definition) is 1. The molecule has 0 amide bonds. The topological polar surface area (TPSA) is 67.9 Å². The maximum atomic E-state index is 11.4. The maximum Gasteiger partial charge on any atom is 0.251 e. The van der Waals surface area contributed by atoms with E-state index in [1.165, 1.54) is 12.3 Å². The number of pyridine rings is 1. The standard InChI is InChI=1S/C11H10ClN3O2/c1-17-6-8-4-10(16)15-11(14-8)9-3-2-7(12)5-13-9/h2-5H,6H2,1H3,(H,14,15,16). The monoisotopic (exact) mass is 251 g/mol. The van der Waals surface area contributed by atoms with Gasteiger partial charge in [-0.15, -0.1) is 0 Å². The number of aromatic amines is 1. The molecule has 0 radical (unpaired) electrons. The molecule has 2 heterocycles. The minimum Gasteiger partial charge on any atom is -0.378 e. The first-order chi connectivity index (χ1) is 8.19. The Morgan fingerprint density at radius 1 is 1.47 bits per heavy atom. The molecule has 88 valence electrons. The van der Waals surface area contributed by atoms with Gasteiger partial charge in [0.05, 0.1) is 17.3 Å². The van der Waals surface area contributed by atoms with E-state index < -0.39 is 0 Å². The number of halogens is 1. The van der Waals surface area contributed by atoms with Gasteiger partial charge in [-0.25, -0.2) is 4.98 Å². The number of nitrogens with zero attached hydrogens (tertiary/aromatic N) is 2. The van der Waals surface area contributed by atoms with Crippen LogP contribution in [0.4, 0.5) is 0 Å². The van der Waals surface area contributed by atoms with Crippen molar-refractivity contribution in [1.29, 1.82) is 0 Å². The molecular formula is C11H10ClN3O2. The third-order valence-electron chi connectivity index (χ3n) is 2.06. The van der Waals surface area contributed by atoms with Crippen molar-refractivity contribution in [2.75, 3.05) is 7.11 Å². The molecule has 1 N–H and O–H groups in total. The summed E-state index contributed by atoms with van der Waals surface area (Å²) in [5.74, 6) is 0.404. The van der Waals surface area contributed by atoms with E-state index in [-0.39, 0.29) is 12.2 Å². The molecule has 0 aliphatic heterocycles. The average Bonchev–Trinajstić information content (AvgIpc) is 2.29. The molecule has 0 aliphatic rings. The first-order valence-electron chi connectivity index (χ1n) is 4.90. The van der Waals surface area contributed by atoms with Crippen LogP contribution in [0.15, 0.2) is 29.2 Å². The Bertz CT molecular complexity index is 566. The molecule has 0 aliphatic carbocycles. The molecule has 2 aromatic heterocycles. The van der Waals surface area contributed by atoms with Gasteiger partial charge in [0.25, 0.3) is 5.56 Å². The summed E-state index contributed by atoms with van der Waals surface area (Å²) < 4.78 is 4.94. The molecule has 2 rings (SSSR count). The van der Waals surface area contributed by atoms with Crippen molar-refractivity contribution in [3.63, 3.8) is 0 Å². The minimum atomic E-state index is -0.237.